The van der Waals surface area contributed by atoms with Crippen LogP contribution in [0.15, 0.2) is 42.5 Å². The summed E-state index contributed by atoms with van der Waals surface area (Å²) in [5.41, 5.74) is 2.82. The average Bonchev–Trinajstić information content (AvgIpc) is 3.22. The van der Waals surface area contributed by atoms with Gasteiger partial charge in [-0.2, -0.15) is 0 Å². The highest BCUT2D eigenvalue weighted by Gasteiger charge is 2.40. The number of carboxylic acid groups (broad SMARTS) is 1. The van der Waals surface area contributed by atoms with Crippen LogP contribution >= 0.6 is 0 Å². The van der Waals surface area contributed by atoms with Crippen molar-refractivity contribution in [2.24, 2.45) is 0 Å². The number of benzene rings is 2. The van der Waals surface area contributed by atoms with Crippen LogP contribution in [0, 0.1) is 0 Å². The molecule has 1 saturated heterocycles. The van der Waals surface area contributed by atoms with Gasteiger partial charge >= 0.3 is 5.97 Å². The number of carbonyl (C=O) groups excluding carboxylic acids is 3. The van der Waals surface area contributed by atoms with E-state index in [1.807, 2.05) is 12.1 Å². The van der Waals surface area contributed by atoms with Crippen LogP contribution in [0.2, 0.25) is 0 Å². The first-order chi connectivity index (χ1) is 13.8. The minimum atomic E-state index is -1.13. The monoisotopic (exact) mass is 393 g/mol. The van der Waals surface area contributed by atoms with Crippen molar-refractivity contribution in [1.82, 2.24) is 0 Å². The zero-order valence-corrected chi connectivity index (χ0v) is 15.7. The number of carboxylic acids is 1. The topological polar surface area (TPSA) is 107 Å². The summed E-state index contributed by atoms with van der Waals surface area (Å²) in [5.74, 6) is -1.96. The van der Waals surface area contributed by atoms with E-state index in [0.29, 0.717) is 12.2 Å². The molecular weight excluding hydrogens is 374 g/mol. The lowest BCUT2D eigenvalue weighted by atomic mass is 10.1. The average molecular weight is 393 g/mol. The van der Waals surface area contributed by atoms with Crippen LogP contribution in [-0.4, -0.2) is 41.4 Å². The van der Waals surface area contributed by atoms with E-state index in [2.05, 4.69) is 5.32 Å². The van der Waals surface area contributed by atoms with Gasteiger partial charge in [-0.25, -0.2) is 9.69 Å². The highest BCUT2D eigenvalue weighted by Crippen LogP contribution is 2.32. The number of hydrogen-bond donors (Lipinski definition) is 2. The second kappa shape index (κ2) is 7.05. The van der Waals surface area contributed by atoms with E-state index in [4.69, 9.17) is 5.11 Å². The van der Waals surface area contributed by atoms with Crippen LogP contribution in [0.25, 0.3) is 0 Å². The second-order valence-electron chi connectivity index (χ2n) is 7.09. The molecule has 8 nitrogen and oxygen atoms in total. The molecule has 8 heteroatoms. The predicted octanol–water partition coefficient (Wildman–Crippen LogP) is 2.04. The molecule has 4 rings (SSSR count). The summed E-state index contributed by atoms with van der Waals surface area (Å²) in [5, 5.41) is 12.2. The number of imide groups is 1. The Bertz CT molecular complexity index is 1050. The van der Waals surface area contributed by atoms with Crippen LogP contribution in [0.3, 0.4) is 0 Å². The Kier molecular flexibility index (Phi) is 4.54. The maximum absolute atomic E-state index is 12.8. The fourth-order valence-electron chi connectivity index (χ4n) is 3.81. The number of amides is 3. The number of nitrogens with one attached hydrogen (secondary N) is 1. The smallest absolute Gasteiger partial charge is 0.335 e. The number of carbonyl (C=O) groups is 4. The Labute approximate surface area is 166 Å². The molecule has 2 N–H and O–H groups in total. The quantitative estimate of drug-likeness (QED) is 0.770. The summed E-state index contributed by atoms with van der Waals surface area (Å²) in [6, 6.07) is 10.5. The van der Waals surface area contributed by atoms with Gasteiger partial charge in [-0.05, 0) is 48.4 Å². The molecule has 2 heterocycles. The highest BCUT2D eigenvalue weighted by atomic mass is 16.4. The normalized spacial score (nSPS) is 18.2. The Morgan fingerprint density at radius 2 is 1.93 bits per heavy atom. The highest BCUT2D eigenvalue weighted by molar-refractivity contribution is 6.23. The SMILES string of the molecule is CC(=O)N1CCc2cc(NC3CC(=O)N(c4cccc(C(=O)O)c4)C3=O)ccc21. The van der Waals surface area contributed by atoms with Crippen molar-refractivity contribution in [2.45, 2.75) is 25.8 Å². The molecule has 3 amide bonds. The van der Waals surface area contributed by atoms with Crippen molar-refractivity contribution in [3.05, 3.63) is 53.6 Å². The van der Waals surface area contributed by atoms with Crippen molar-refractivity contribution in [2.75, 3.05) is 21.7 Å². The van der Waals surface area contributed by atoms with Crippen molar-refractivity contribution in [3.8, 4) is 0 Å². The van der Waals surface area contributed by atoms with Gasteiger partial charge in [-0.3, -0.25) is 14.4 Å². The summed E-state index contributed by atoms with van der Waals surface area (Å²) in [6.07, 6.45) is 0.711. The molecule has 148 valence electrons. The van der Waals surface area contributed by atoms with Crippen LogP contribution in [0.1, 0.15) is 29.3 Å². The molecule has 0 bridgehead atoms. The molecule has 2 aliphatic heterocycles. The third kappa shape index (κ3) is 3.33. The maximum atomic E-state index is 12.8. The van der Waals surface area contributed by atoms with E-state index in [9.17, 15) is 19.2 Å². The molecule has 2 aromatic carbocycles. The van der Waals surface area contributed by atoms with Crippen LogP contribution < -0.4 is 15.1 Å². The first kappa shape index (κ1) is 18.7. The number of fused-ring (bicyclic) bond motifs is 1. The van der Waals surface area contributed by atoms with E-state index in [1.54, 1.807) is 11.0 Å². The van der Waals surface area contributed by atoms with E-state index >= 15 is 0 Å². The third-order valence-electron chi connectivity index (χ3n) is 5.19. The third-order valence-corrected chi connectivity index (χ3v) is 5.19. The van der Waals surface area contributed by atoms with Crippen molar-refractivity contribution in [3.63, 3.8) is 0 Å². The molecular formula is C21H19N3O5. The van der Waals surface area contributed by atoms with E-state index in [1.165, 1.54) is 31.2 Å². The van der Waals surface area contributed by atoms with Crippen LogP contribution in [0.5, 0.6) is 0 Å². The number of hydrogen-bond acceptors (Lipinski definition) is 5. The van der Waals surface area contributed by atoms with Gasteiger partial charge in [-0.15, -0.1) is 0 Å². The summed E-state index contributed by atoms with van der Waals surface area (Å²) in [7, 11) is 0. The summed E-state index contributed by atoms with van der Waals surface area (Å²) in [4.78, 5) is 50.8. The summed E-state index contributed by atoms with van der Waals surface area (Å²) < 4.78 is 0. The molecule has 2 aromatic rings. The maximum Gasteiger partial charge on any atom is 0.335 e. The zero-order valence-electron chi connectivity index (χ0n) is 15.7. The fourth-order valence-corrected chi connectivity index (χ4v) is 3.81. The molecule has 0 saturated carbocycles. The lowest BCUT2D eigenvalue weighted by Crippen LogP contribution is -2.34. The van der Waals surface area contributed by atoms with Gasteiger partial charge in [0.25, 0.3) is 5.91 Å². The van der Waals surface area contributed by atoms with Gasteiger partial charge in [0.15, 0.2) is 0 Å². The Morgan fingerprint density at radius 3 is 2.66 bits per heavy atom. The van der Waals surface area contributed by atoms with E-state index in [0.717, 1.165) is 22.6 Å². The fraction of sp³-hybridized carbons (Fsp3) is 0.238. The molecule has 1 atom stereocenters. The molecule has 0 radical (unpaired) electrons. The number of rotatable bonds is 4. The van der Waals surface area contributed by atoms with Crippen molar-refractivity contribution in [1.29, 1.82) is 0 Å². The van der Waals surface area contributed by atoms with E-state index in [-0.39, 0.29) is 29.5 Å². The van der Waals surface area contributed by atoms with Gasteiger partial charge in [0.2, 0.25) is 11.8 Å². The molecule has 0 aliphatic carbocycles. The predicted molar refractivity (Wildman–Crippen MR) is 106 cm³/mol. The Hall–Kier alpha value is -3.68. The zero-order chi connectivity index (χ0) is 20.7. The van der Waals surface area contributed by atoms with Crippen LogP contribution in [-0.2, 0) is 20.8 Å². The first-order valence-electron chi connectivity index (χ1n) is 9.23. The molecule has 1 unspecified atom stereocenters. The molecule has 0 spiro atoms. The summed E-state index contributed by atoms with van der Waals surface area (Å²) >= 11 is 0. The number of anilines is 3. The lowest BCUT2D eigenvalue weighted by molar-refractivity contribution is -0.121. The lowest BCUT2D eigenvalue weighted by Gasteiger charge is -2.18. The largest absolute Gasteiger partial charge is 0.478 e. The number of aromatic carboxylic acids is 1. The van der Waals surface area contributed by atoms with Crippen LogP contribution in [0.4, 0.5) is 17.1 Å². The van der Waals surface area contributed by atoms with E-state index < -0.39 is 17.9 Å². The molecule has 29 heavy (non-hydrogen) atoms. The van der Waals surface area contributed by atoms with Gasteiger partial charge in [0.05, 0.1) is 17.7 Å². The first-order valence-corrected chi connectivity index (χ1v) is 9.23. The van der Waals surface area contributed by atoms with Crippen molar-refractivity contribution >= 4 is 40.8 Å². The second-order valence-corrected chi connectivity index (χ2v) is 7.09. The number of nitrogens with zero attached hydrogens (tertiary/aromatic N) is 2. The van der Waals surface area contributed by atoms with Gasteiger partial charge in [0.1, 0.15) is 6.04 Å². The van der Waals surface area contributed by atoms with Gasteiger partial charge in [-0.1, -0.05) is 6.07 Å². The molecule has 2 aliphatic rings. The molecule has 0 aromatic heterocycles. The standard InChI is InChI=1S/C21H19N3O5/c1-12(25)23-8-7-13-9-15(5-6-18(13)23)22-17-11-19(26)24(20(17)27)16-4-2-3-14(10-16)21(28)29/h2-6,9-10,17,22H,7-8,11H2,1H3,(H,28,29). The van der Waals surface area contributed by atoms with Crippen molar-refractivity contribution < 1.29 is 24.3 Å². The Balaban J connectivity index is 1.54. The summed E-state index contributed by atoms with van der Waals surface area (Å²) in [6.45, 7) is 2.15. The van der Waals surface area contributed by atoms with Gasteiger partial charge in [0, 0.05) is 24.8 Å². The Morgan fingerprint density at radius 1 is 1.14 bits per heavy atom. The van der Waals surface area contributed by atoms with Gasteiger partial charge < -0.3 is 15.3 Å². The molecule has 1 fully saturated rings. The minimum absolute atomic E-state index is 0.00755. The minimum Gasteiger partial charge on any atom is -0.478 e.